The lowest BCUT2D eigenvalue weighted by Crippen LogP contribution is -2.14. The van der Waals surface area contributed by atoms with E-state index in [2.05, 4.69) is 35.6 Å². The van der Waals surface area contributed by atoms with Gasteiger partial charge in [0.05, 0.1) is 10.7 Å². The Kier molecular flexibility index (Phi) is 4.12. The van der Waals surface area contributed by atoms with Crippen LogP contribution in [0.3, 0.4) is 0 Å². The summed E-state index contributed by atoms with van der Waals surface area (Å²) in [5.41, 5.74) is 2.41. The van der Waals surface area contributed by atoms with Crippen molar-refractivity contribution in [1.29, 1.82) is 0 Å². The summed E-state index contributed by atoms with van der Waals surface area (Å²) in [6.07, 6.45) is 2.13. The Hall–Kier alpha value is -0.670. The molecule has 3 heteroatoms. The minimum Gasteiger partial charge on any atom is -0.313 e. The van der Waals surface area contributed by atoms with Crippen LogP contribution in [0.5, 0.6) is 0 Å². The standard InChI is InChI=1S/C10H16N2S/c1-4-11-6-8(2)5-10-7-13-9(3)12-10/h5,7,11H,4,6H2,1-3H3. The van der Waals surface area contributed by atoms with Gasteiger partial charge in [-0.2, -0.15) is 0 Å². The van der Waals surface area contributed by atoms with Gasteiger partial charge in [-0.25, -0.2) is 4.98 Å². The van der Waals surface area contributed by atoms with Gasteiger partial charge in [0.25, 0.3) is 0 Å². The third-order valence-corrected chi connectivity index (χ3v) is 2.48. The second-order valence-corrected chi connectivity index (χ2v) is 4.12. The molecule has 1 aromatic rings. The van der Waals surface area contributed by atoms with Crippen molar-refractivity contribution in [1.82, 2.24) is 10.3 Å². The quantitative estimate of drug-likeness (QED) is 0.800. The van der Waals surface area contributed by atoms with Crippen molar-refractivity contribution >= 4 is 17.4 Å². The van der Waals surface area contributed by atoms with Gasteiger partial charge >= 0.3 is 0 Å². The highest BCUT2D eigenvalue weighted by molar-refractivity contribution is 7.09. The van der Waals surface area contributed by atoms with E-state index in [1.807, 2.05) is 6.92 Å². The molecule has 0 fully saturated rings. The fraction of sp³-hybridized carbons (Fsp3) is 0.500. The Labute approximate surface area is 83.7 Å². The zero-order chi connectivity index (χ0) is 9.68. The molecular weight excluding hydrogens is 180 g/mol. The predicted octanol–water partition coefficient (Wildman–Crippen LogP) is 2.46. The van der Waals surface area contributed by atoms with Gasteiger partial charge in [-0.1, -0.05) is 12.5 Å². The predicted molar refractivity (Wildman–Crippen MR) is 59.0 cm³/mol. The number of aryl methyl sites for hydroxylation is 1. The summed E-state index contributed by atoms with van der Waals surface area (Å²) in [5, 5.41) is 6.50. The fourth-order valence-corrected chi connectivity index (χ4v) is 1.64. The van der Waals surface area contributed by atoms with Crippen molar-refractivity contribution in [2.75, 3.05) is 13.1 Å². The first-order chi connectivity index (χ1) is 6.22. The first-order valence-corrected chi connectivity index (χ1v) is 5.40. The van der Waals surface area contributed by atoms with Crippen LogP contribution in [0.2, 0.25) is 0 Å². The molecule has 0 aromatic carbocycles. The summed E-state index contributed by atoms with van der Waals surface area (Å²) in [6, 6.07) is 0. The normalized spacial score (nSPS) is 12.1. The Morgan fingerprint density at radius 2 is 2.46 bits per heavy atom. The number of rotatable bonds is 4. The molecule has 0 atom stereocenters. The van der Waals surface area contributed by atoms with E-state index in [-0.39, 0.29) is 0 Å². The summed E-state index contributed by atoms with van der Waals surface area (Å²) >= 11 is 1.69. The van der Waals surface area contributed by atoms with Gasteiger partial charge in [0.1, 0.15) is 0 Å². The number of hydrogen-bond donors (Lipinski definition) is 1. The molecule has 1 N–H and O–H groups in total. The number of hydrogen-bond acceptors (Lipinski definition) is 3. The van der Waals surface area contributed by atoms with Crippen molar-refractivity contribution in [2.24, 2.45) is 0 Å². The van der Waals surface area contributed by atoms with Crippen LogP contribution in [0, 0.1) is 6.92 Å². The van der Waals surface area contributed by atoms with Crippen LogP contribution in [-0.4, -0.2) is 18.1 Å². The maximum Gasteiger partial charge on any atom is 0.0901 e. The van der Waals surface area contributed by atoms with Gasteiger partial charge in [-0.05, 0) is 26.5 Å². The summed E-state index contributed by atoms with van der Waals surface area (Å²) in [4.78, 5) is 4.37. The van der Waals surface area contributed by atoms with Gasteiger partial charge in [0, 0.05) is 11.9 Å². The smallest absolute Gasteiger partial charge is 0.0901 e. The maximum atomic E-state index is 4.37. The molecule has 72 valence electrons. The van der Waals surface area contributed by atoms with Crippen LogP contribution in [0.1, 0.15) is 24.5 Å². The maximum absolute atomic E-state index is 4.37. The van der Waals surface area contributed by atoms with E-state index in [1.54, 1.807) is 11.3 Å². The van der Waals surface area contributed by atoms with E-state index in [0.717, 1.165) is 23.8 Å². The molecule has 1 heterocycles. The average Bonchev–Trinajstić information content (AvgIpc) is 2.48. The van der Waals surface area contributed by atoms with E-state index in [9.17, 15) is 0 Å². The van der Waals surface area contributed by atoms with Gasteiger partial charge in [-0.3, -0.25) is 0 Å². The van der Waals surface area contributed by atoms with Gasteiger partial charge < -0.3 is 5.32 Å². The Morgan fingerprint density at radius 1 is 1.69 bits per heavy atom. The van der Waals surface area contributed by atoms with E-state index in [1.165, 1.54) is 5.57 Å². The molecule has 0 unspecified atom stereocenters. The number of likely N-dealkylation sites (N-methyl/N-ethyl adjacent to an activating group) is 1. The van der Waals surface area contributed by atoms with Crippen LogP contribution in [0.4, 0.5) is 0 Å². The lowest BCUT2D eigenvalue weighted by molar-refractivity contribution is 0.778. The highest BCUT2D eigenvalue weighted by atomic mass is 32.1. The second-order valence-electron chi connectivity index (χ2n) is 3.06. The molecule has 0 saturated carbocycles. The number of nitrogens with one attached hydrogen (secondary N) is 1. The summed E-state index contributed by atoms with van der Waals surface area (Å²) < 4.78 is 0. The summed E-state index contributed by atoms with van der Waals surface area (Å²) in [6.45, 7) is 8.23. The minimum absolute atomic E-state index is 0.951. The van der Waals surface area contributed by atoms with Gasteiger partial charge in [0.2, 0.25) is 0 Å². The zero-order valence-electron chi connectivity index (χ0n) is 8.42. The lowest BCUT2D eigenvalue weighted by Gasteiger charge is -1.99. The third-order valence-electron chi connectivity index (χ3n) is 1.68. The molecule has 0 amide bonds. The van der Waals surface area contributed by atoms with Crippen molar-refractivity contribution in [3.05, 3.63) is 21.7 Å². The molecule has 0 radical (unpaired) electrons. The topological polar surface area (TPSA) is 24.9 Å². The van der Waals surface area contributed by atoms with E-state index in [0.29, 0.717) is 0 Å². The second kappa shape index (κ2) is 5.14. The molecule has 0 saturated heterocycles. The zero-order valence-corrected chi connectivity index (χ0v) is 9.24. The van der Waals surface area contributed by atoms with E-state index in [4.69, 9.17) is 0 Å². The molecule has 1 rings (SSSR count). The van der Waals surface area contributed by atoms with Crippen molar-refractivity contribution < 1.29 is 0 Å². The van der Waals surface area contributed by atoms with Crippen LogP contribution < -0.4 is 5.32 Å². The van der Waals surface area contributed by atoms with Crippen LogP contribution in [-0.2, 0) is 0 Å². The fourth-order valence-electron chi connectivity index (χ4n) is 1.07. The molecule has 0 bridgehead atoms. The first-order valence-electron chi connectivity index (χ1n) is 4.52. The monoisotopic (exact) mass is 196 g/mol. The molecule has 0 aliphatic rings. The summed E-state index contributed by atoms with van der Waals surface area (Å²) in [5.74, 6) is 0. The highest BCUT2D eigenvalue weighted by Gasteiger charge is 1.94. The van der Waals surface area contributed by atoms with Crippen LogP contribution >= 0.6 is 11.3 Å². The number of thiazole rings is 1. The Bertz CT molecular complexity index is 289. The van der Waals surface area contributed by atoms with E-state index >= 15 is 0 Å². The number of aromatic nitrogens is 1. The molecule has 2 nitrogen and oxygen atoms in total. The highest BCUT2D eigenvalue weighted by Crippen LogP contribution is 2.10. The van der Waals surface area contributed by atoms with Crippen LogP contribution in [0.25, 0.3) is 6.08 Å². The van der Waals surface area contributed by atoms with Gasteiger partial charge in [0.15, 0.2) is 0 Å². The molecule has 0 aliphatic heterocycles. The third kappa shape index (κ3) is 3.70. The van der Waals surface area contributed by atoms with Crippen molar-refractivity contribution in [3.63, 3.8) is 0 Å². The molecule has 0 spiro atoms. The van der Waals surface area contributed by atoms with E-state index < -0.39 is 0 Å². The number of nitrogens with zero attached hydrogens (tertiary/aromatic N) is 1. The molecule has 1 aromatic heterocycles. The van der Waals surface area contributed by atoms with Crippen molar-refractivity contribution in [3.8, 4) is 0 Å². The minimum atomic E-state index is 0.951. The molecule has 0 aliphatic carbocycles. The summed E-state index contributed by atoms with van der Waals surface area (Å²) in [7, 11) is 0. The molecule has 13 heavy (non-hydrogen) atoms. The van der Waals surface area contributed by atoms with Crippen molar-refractivity contribution in [2.45, 2.75) is 20.8 Å². The lowest BCUT2D eigenvalue weighted by atomic mass is 10.2. The van der Waals surface area contributed by atoms with Gasteiger partial charge in [-0.15, -0.1) is 11.3 Å². The Morgan fingerprint density at radius 3 is 3.00 bits per heavy atom. The SMILES string of the molecule is CCNCC(C)=Cc1csc(C)n1. The first kappa shape index (κ1) is 10.4. The Balaban J connectivity index is 2.54. The average molecular weight is 196 g/mol. The largest absolute Gasteiger partial charge is 0.313 e. The molecular formula is C10H16N2S. The van der Waals surface area contributed by atoms with Crippen LogP contribution in [0.15, 0.2) is 11.0 Å².